The predicted molar refractivity (Wildman–Crippen MR) is 259 cm³/mol. The lowest BCUT2D eigenvalue weighted by Gasteiger charge is -2.30. The van der Waals surface area contributed by atoms with Gasteiger partial charge in [-0.3, -0.25) is 57.5 Å². The van der Waals surface area contributed by atoms with Crippen molar-refractivity contribution in [2.45, 2.75) is 179 Å². The third-order valence-electron chi connectivity index (χ3n) is 11.8. The lowest BCUT2D eigenvalue weighted by molar-refractivity contribution is -0.146. The molecule has 0 radical (unpaired) electrons. The molecule has 418 valence electrons. The van der Waals surface area contributed by atoms with Gasteiger partial charge in [0.1, 0.15) is 54.4 Å². The maximum Gasteiger partial charge on any atom is 0.326 e. The van der Waals surface area contributed by atoms with Crippen molar-refractivity contribution in [1.82, 2.24) is 47.4 Å². The first-order valence-electron chi connectivity index (χ1n) is 24.3. The molecule has 0 aromatic rings. The van der Waals surface area contributed by atoms with Crippen LogP contribution in [0.4, 0.5) is 0 Å². The zero-order valence-electron chi connectivity index (χ0n) is 42.8. The lowest BCUT2D eigenvalue weighted by Crippen LogP contribution is -2.62. The fourth-order valence-electron chi connectivity index (χ4n) is 7.34. The number of hydrogen-bond acceptors (Lipinski definition) is 16. The molecule has 1 fully saturated rings. The zero-order valence-corrected chi connectivity index (χ0v) is 42.8. The van der Waals surface area contributed by atoms with Gasteiger partial charge < -0.3 is 85.1 Å². The van der Waals surface area contributed by atoms with E-state index in [4.69, 9.17) is 17.2 Å². The third-order valence-corrected chi connectivity index (χ3v) is 11.8. The van der Waals surface area contributed by atoms with Crippen molar-refractivity contribution >= 4 is 77.0 Å². The van der Waals surface area contributed by atoms with Crippen molar-refractivity contribution in [1.29, 1.82) is 0 Å². The molecule has 1 rings (SSSR count). The number of rotatable bonds is 33. The maximum absolute atomic E-state index is 13.9. The van der Waals surface area contributed by atoms with Crippen LogP contribution in [0.3, 0.4) is 0 Å². The number of aliphatic carboxylic acids is 3. The highest BCUT2D eigenvalue weighted by atomic mass is 16.4. The zero-order chi connectivity index (χ0) is 56.7. The highest BCUT2D eigenvalue weighted by Gasteiger charge is 2.41. The number of amides is 10. The van der Waals surface area contributed by atoms with Gasteiger partial charge in [-0.15, -0.1) is 0 Å². The Kier molecular flexibility index (Phi) is 27.7. The Morgan fingerprint density at radius 3 is 1.54 bits per heavy atom. The number of nitrogens with one attached hydrogen (secondary N) is 8. The first kappa shape index (κ1) is 65.0. The van der Waals surface area contributed by atoms with Crippen molar-refractivity contribution in [2.24, 2.45) is 29.0 Å². The van der Waals surface area contributed by atoms with E-state index < -0.39 is 175 Å². The van der Waals surface area contributed by atoms with E-state index in [1.807, 2.05) is 0 Å². The quantitative estimate of drug-likeness (QED) is 0.0273. The molecule has 10 amide bonds. The second kappa shape index (κ2) is 31.6. The van der Waals surface area contributed by atoms with Gasteiger partial charge in [0.2, 0.25) is 59.1 Å². The summed E-state index contributed by atoms with van der Waals surface area (Å²) in [6.07, 6.45) is -4.42. The van der Waals surface area contributed by atoms with Gasteiger partial charge in [-0.05, 0) is 84.1 Å². The van der Waals surface area contributed by atoms with E-state index in [-0.39, 0.29) is 51.1 Å². The molecule has 0 aromatic heterocycles. The summed E-state index contributed by atoms with van der Waals surface area (Å²) in [4.78, 5) is 169. The molecule has 29 nitrogen and oxygen atoms in total. The first-order valence-corrected chi connectivity index (χ1v) is 24.3. The first-order chi connectivity index (χ1) is 34.4. The number of aliphatic hydroxyl groups excluding tert-OH is 1. The average Bonchev–Trinajstić information content (AvgIpc) is 3.81. The van der Waals surface area contributed by atoms with Crippen LogP contribution in [0, 0.1) is 11.8 Å². The Bertz CT molecular complexity index is 2040. The van der Waals surface area contributed by atoms with Crippen molar-refractivity contribution in [3.63, 3.8) is 0 Å². The molecular formula is C45H76N12O17. The molecule has 74 heavy (non-hydrogen) atoms. The molecule has 18 N–H and O–H groups in total. The summed E-state index contributed by atoms with van der Waals surface area (Å²) in [6.45, 7) is 10.2. The summed E-state index contributed by atoms with van der Waals surface area (Å²) in [7, 11) is 0. The van der Waals surface area contributed by atoms with Crippen LogP contribution < -0.4 is 59.7 Å². The van der Waals surface area contributed by atoms with Crippen molar-refractivity contribution in [3.05, 3.63) is 0 Å². The summed E-state index contributed by atoms with van der Waals surface area (Å²) in [6, 6.07) is -14.8. The van der Waals surface area contributed by atoms with Crippen LogP contribution >= 0.6 is 0 Å². The van der Waals surface area contributed by atoms with Crippen LogP contribution in [0.15, 0.2) is 0 Å². The number of carbonyl (C=O) groups is 13. The molecule has 1 aliphatic heterocycles. The predicted octanol–water partition coefficient (Wildman–Crippen LogP) is -5.27. The van der Waals surface area contributed by atoms with Gasteiger partial charge >= 0.3 is 17.9 Å². The Hall–Kier alpha value is -7.01. The Balaban J connectivity index is 3.41. The number of carboxylic acids is 3. The Labute approximate surface area is 427 Å². The number of nitrogens with two attached hydrogens (primary N) is 3. The number of nitrogens with zero attached hydrogens (tertiary/aromatic N) is 1. The van der Waals surface area contributed by atoms with Crippen LogP contribution in [0.1, 0.15) is 113 Å². The summed E-state index contributed by atoms with van der Waals surface area (Å²) in [5, 5.41) is 58.1. The van der Waals surface area contributed by atoms with Crippen LogP contribution in [0.5, 0.6) is 0 Å². The van der Waals surface area contributed by atoms with Gasteiger partial charge in [-0.25, -0.2) is 4.79 Å². The number of carbonyl (C=O) groups excluding carboxylic acids is 10. The van der Waals surface area contributed by atoms with Gasteiger partial charge in [-0.2, -0.15) is 0 Å². The van der Waals surface area contributed by atoms with Gasteiger partial charge in [0.05, 0.1) is 18.6 Å². The van der Waals surface area contributed by atoms with Gasteiger partial charge in [0, 0.05) is 19.4 Å². The summed E-state index contributed by atoms with van der Waals surface area (Å²) >= 11 is 0. The number of carboxylic acid groups (broad SMARTS) is 3. The Morgan fingerprint density at radius 1 is 0.554 bits per heavy atom. The molecule has 1 aliphatic rings. The molecule has 11 atom stereocenters. The average molecular weight is 1060 g/mol. The van der Waals surface area contributed by atoms with E-state index in [1.54, 1.807) is 27.7 Å². The number of aliphatic hydroxyl groups is 1. The standard InChI is InChI=1S/C45H76N12O17/c1-20(2)33(48)42(70)50-22(5)36(64)51-26(13-15-30(47)59)38(66)52-25(11-8-9-17-46)40(68)56-35(24(7)58)43(71)53-27(14-16-31(60)61)39(67)54-28(19-32(62)63)44(72)57-18-10-12-29(57)41(69)49-23(6)37(65)55-34(21(3)4)45(73)74/h20-29,33-35,58H,8-19,46,48H2,1-7H3,(H2,47,59)(H,49,69)(H,50,70)(H,51,64)(H,52,66)(H,53,71)(H,54,67)(H,55,65)(H,56,68)(H,60,61)(H,62,63)(H,73,74)/t22-,23-,24+,25-,26-,27-,28-,29-,33-,34-,35-/m0/s1. The largest absolute Gasteiger partial charge is 0.481 e. The second-order valence-corrected chi connectivity index (χ2v) is 18.8. The van der Waals surface area contributed by atoms with Gasteiger partial charge in [0.25, 0.3) is 0 Å². The van der Waals surface area contributed by atoms with Crippen LogP contribution in [-0.2, 0) is 62.3 Å². The molecule has 29 heteroatoms. The topological polar surface area (TPSA) is 480 Å². The van der Waals surface area contributed by atoms with Crippen LogP contribution in [0.25, 0.3) is 0 Å². The fraction of sp³-hybridized carbons (Fsp3) is 0.711. The molecule has 0 unspecified atom stereocenters. The fourth-order valence-corrected chi connectivity index (χ4v) is 7.34. The summed E-state index contributed by atoms with van der Waals surface area (Å²) in [5.41, 5.74) is 16.8. The maximum atomic E-state index is 13.9. The van der Waals surface area contributed by atoms with Gasteiger partial charge in [-0.1, -0.05) is 27.7 Å². The van der Waals surface area contributed by atoms with E-state index in [2.05, 4.69) is 42.5 Å². The number of likely N-dealkylation sites (tertiary alicyclic amines) is 1. The third kappa shape index (κ3) is 22.0. The smallest absolute Gasteiger partial charge is 0.326 e. The van der Waals surface area contributed by atoms with Crippen molar-refractivity contribution in [2.75, 3.05) is 13.1 Å². The molecular weight excluding hydrogens is 981 g/mol. The van der Waals surface area contributed by atoms with E-state index in [0.29, 0.717) is 6.42 Å². The second-order valence-electron chi connectivity index (χ2n) is 18.8. The molecule has 0 bridgehead atoms. The van der Waals surface area contributed by atoms with E-state index in [0.717, 1.165) is 11.8 Å². The number of unbranched alkanes of at least 4 members (excludes halogenated alkanes) is 1. The molecule has 1 heterocycles. The van der Waals surface area contributed by atoms with E-state index >= 15 is 0 Å². The minimum absolute atomic E-state index is 0.0337. The molecule has 0 aliphatic carbocycles. The summed E-state index contributed by atoms with van der Waals surface area (Å²) in [5.74, 6) is -15.0. The van der Waals surface area contributed by atoms with E-state index in [1.165, 1.54) is 13.8 Å². The molecule has 1 saturated heterocycles. The Morgan fingerprint density at radius 2 is 1.04 bits per heavy atom. The molecule has 0 spiro atoms. The van der Waals surface area contributed by atoms with Gasteiger partial charge in [0.15, 0.2) is 0 Å². The molecule has 0 aromatic carbocycles. The SMILES string of the molecule is CC(C)[C@H](N)C(=O)N[C@@H](C)C(=O)N[C@@H](CCC(N)=O)C(=O)N[C@@H](CCCCN)C(=O)N[C@H](C(=O)N[C@@H](CCC(=O)O)C(=O)N[C@@H](CC(=O)O)C(=O)N1CCC[C@H]1C(=O)N[C@@H](C)C(=O)N[C@H](C(=O)O)C(C)C)[C@@H](C)O. The van der Waals surface area contributed by atoms with Crippen molar-refractivity contribution in [3.8, 4) is 0 Å². The number of primary amides is 1. The monoisotopic (exact) mass is 1060 g/mol. The minimum Gasteiger partial charge on any atom is -0.481 e. The van der Waals surface area contributed by atoms with Crippen LogP contribution in [0.2, 0.25) is 0 Å². The number of hydrogen-bond donors (Lipinski definition) is 15. The van der Waals surface area contributed by atoms with Crippen molar-refractivity contribution < 1.29 is 82.8 Å². The summed E-state index contributed by atoms with van der Waals surface area (Å²) < 4.78 is 0. The van der Waals surface area contributed by atoms with Crippen LogP contribution in [-0.4, -0.2) is 182 Å². The lowest BCUT2D eigenvalue weighted by atomic mass is 10.0. The molecule has 0 saturated carbocycles. The highest BCUT2D eigenvalue weighted by Crippen LogP contribution is 2.20. The minimum atomic E-state index is -1.94. The normalized spacial score (nSPS) is 17.3. The van der Waals surface area contributed by atoms with E-state index in [9.17, 15) is 82.8 Å². The highest BCUT2D eigenvalue weighted by molar-refractivity contribution is 5.99.